The number of carbonyl (C=O) groups is 2. The summed E-state index contributed by atoms with van der Waals surface area (Å²) in [6.45, 7) is 6.21. The minimum Gasteiger partial charge on any atom is -0.494 e. The van der Waals surface area contributed by atoms with Crippen molar-refractivity contribution >= 4 is 24.4 Å². The first-order valence-corrected chi connectivity index (χ1v) is 14.1. The smallest absolute Gasteiger partial charge is 0.343 e. The van der Waals surface area contributed by atoms with Crippen LogP contribution in [0.5, 0.6) is 23.0 Å². The van der Waals surface area contributed by atoms with Crippen LogP contribution in [0.2, 0.25) is 0 Å². The predicted molar refractivity (Wildman–Crippen MR) is 168 cm³/mol. The molecule has 0 atom stereocenters. The van der Waals surface area contributed by atoms with Crippen molar-refractivity contribution in [3.05, 3.63) is 119 Å². The summed E-state index contributed by atoms with van der Waals surface area (Å²) in [5.41, 5.74) is 2.73. The molecule has 0 saturated heterocycles. The number of benzene rings is 4. The quantitative estimate of drug-likeness (QED) is 0.0703. The van der Waals surface area contributed by atoms with Crippen molar-refractivity contribution in [3.63, 3.8) is 0 Å². The van der Waals surface area contributed by atoms with Crippen molar-refractivity contribution in [2.75, 3.05) is 26.3 Å². The Balaban J connectivity index is 1.14. The van der Waals surface area contributed by atoms with E-state index in [0.29, 0.717) is 60.4 Å². The third-order valence-electron chi connectivity index (χ3n) is 6.04. The first kappa shape index (κ1) is 30.7. The second-order valence-corrected chi connectivity index (χ2v) is 9.26. The fourth-order valence-corrected chi connectivity index (χ4v) is 3.88. The Morgan fingerprint density at radius 3 is 1.23 bits per heavy atom. The zero-order valence-corrected chi connectivity index (χ0v) is 24.3. The molecule has 8 nitrogen and oxygen atoms in total. The molecule has 43 heavy (non-hydrogen) atoms. The van der Waals surface area contributed by atoms with E-state index in [0.717, 1.165) is 17.5 Å². The standard InChI is InChI=1S/C35H34N2O6/c1-3-40-30-18-10-28(11-19-30)34(38)42-32-14-6-26(7-15-32)24-36-22-5-23-37-25-27-8-16-33(17-9-27)43-35(39)29-12-20-31(21-13-29)41-4-2/h6-21,24-25H,3-5,22-23H2,1-2H3. The minimum atomic E-state index is -0.426. The number of rotatable bonds is 14. The van der Waals surface area contributed by atoms with Gasteiger partial charge in [0.15, 0.2) is 0 Å². The zero-order valence-electron chi connectivity index (χ0n) is 24.3. The molecule has 0 aliphatic heterocycles. The summed E-state index contributed by atoms with van der Waals surface area (Å²) in [5.74, 6) is 1.49. The molecule has 0 unspecified atom stereocenters. The molecule has 0 saturated carbocycles. The highest BCUT2D eigenvalue weighted by molar-refractivity contribution is 5.92. The van der Waals surface area contributed by atoms with Crippen LogP contribution in [-0.2, 0) is 0 Å². The van der Waals surface area contributed by atoms with Gasteiger partial charge in [0.1, 0.15) is 23.0 Å². The van der Waals surface area contributed by atoms with Crippen LogP contribution < -0.4 is 18.9 Å². The molecular formula is C35H34N2O6. The van der Waals surface area contributed by atoms with Gasteiger partial charge in [0.2, 0.25) is 0 Å². The highest BCUT2D eigenvalue weighted by Crippen LogP contribution is 2.18. The van der Waals surface area contributed by atoms with Gasteiger partial charge in [-0.05, 0) is 128 Å². The van der Waals surface area contributed by atoms with E-state index in [1.165, 1.54) is 0 Å². The topological polar surface area (TPSA) is 95.8 Å². The van der Waals surface area contributed by atoms with E-state index in [4.69, 9.17) is 18.9 Å². The van der Waals surface area contributed by atoms with Crippen LogP contribution in [0, 0.1) is 0 Å². The van der Waals surface area contributed by atoms with Crippen LogP contribution in [0.3, 0.4) is 0 Å². The van der Waals surface area contributed by atoms with Crippen molar-refractivity contribution in [1.82, 2.24) is 0 Å². The predicted octanol–water partition coefficient (Wildman–Crippen LogP) is 6.85. The van der Waals surface area contributed by atoms with Crippen LogP contribution >= 0.6 is 0 Å². The van der Waals surface area contributed by atoms with Crippen molar-refractivity contribution in [3.8, 4) is 23.0 Å². The van der Waals surface area contributed by atoms with Crippen LogP contribution in [-0.4, -0.2) is 50.7 Å². The lowest BCUT2D eigenvalue weighted by atomic mass is 10.2. The van der Waals surface area contributed by atoms with Gasteiger partial charge < -0.3 is 18.9 Å². The van der Waals surface area contributed by atoms with E-state index in [2.05, 4.69) is 9.98 Å². The van der Waals surface area contributed by atoms with E-state index in [9.17, 15) is 9.59 Å². The molecule has 0 N–H and O–H groups in total. The number of carbonyl (C=O) groups excluding carboxylic acids is 2. The largest absolute Gasteiger partial charge is 0.494 e. The molecular weight excluding hydrogens is 544 g/mol. The van der Waals surface area contributed by atoms with E-state index in [1.54, 1.807) is 85.2 Å². The molecule has 4 aromatic carbocycles. The molecule has 0 heterocycles. The fourth-order valence-electron chi connectivity index (χ4n) is 3.88. The molecule has 4 rings (SSSR count). The maximum atomic E-state index is 12.4. The van der Waals surface area contributed by atoms with Gasteiger partial charge in [-0.15, -0.1) is 0 Å². The number of hydrogen-bond acceptors (Lipinski definition) is 8. The van der Waals surface area contributed by atoms with Gasteiger partial charge in [0, 0.05) is 25.5 Å². The third-order valence-corrected chi connectivity index (χ3v) is 6.04. The summed E-state index contributed by atoms with van der Waals surface area (Å²) in [6, 6.07) is 28.1. The fraction of sp³-hybridized carbons (Fsp3) is 0.200. The van der Waals surface area contributed by atoms with Gasteiger partial charge in [-0.1, -0.05) is 0 Å². The third kappa shape index (κ3) is 9.97. The van der Waals surface area contributed by atoms with Crippen LogP contribution in [0.4, 0.5) is 0 Å². The maximum Gasteiger partial charge on any atom is 0.343 e. The average molecular weight is 579 g/mol. The highest BCUT2D eigenvalue weighted by Gasteiger charge is 2.10. The molecule has 0 aromatic heterocycles. The summed E-state index contributed by atoms with van der Waals surface area (Å²) in [4.78, 5) is 33.6. The molecule has 0 aliphatic rings. The molecule has 0 bridgehead atoms. The molecule has 4 aromatic rings. The summed E-state index contributed by atoms with van der Waals surface area (Å²) >= 11 is 0. The molecule has 0 fully saturated rings. The molecule has 0 amide bonds. The van der Waals surface area contributed by atoms with Gasteiger partial charge in [0.25, 0.3) is 0 Å². The van der Waals surface area contributed by atoms with Crippen molar-refractivity contribution in [2.24, 2.45) is 9.98 Å². The van der Waals surface area contributed by atoms with Gasteiger partial charge in [-0.2, -0.15) is 0 Å². The maximum absolute atomic E-state index is 12.4. The van der Waals surface area contributed by atoms with Crippen molar-refractivity contribution in [2.45, 2.75) is 20.3 Å². The summed E-state index contributed by atoms with van der Waals surface area (Å²) in [7, 11) is 0. The van der Waals surface area contributed by atoms with Crippen LogP contribution in [0.25, 0.3) is 0 Å². The van der Waals surface area contributed by atoms with Crippen LogP contribution in [0.1, 0.15) is 52.1 Å². The number of aliphatic imine (C=N–C) groups is 2. The van der Waals surface area contributed by atoms with Crippen molar-refractivity contribution in [1.29, 1.82) is 0 Å². The van der Waals surface area contributed by atoms with Crippen LogP contribution in [0.15, 0.2) is 107 Å². The summed E-state index contributed by atoms with van der Waals surface area (Å²) < 4.78 is 21.7. The summed E-state index contributed by atoms with van der Waals surface area (Å²) in [5, 5.41) is 0. The second-order valence-electron chi connectivity index (χ2n) is 9.26. The molecule has 0 spiro atoms. The summed E-state index contributed by atoms with van der Waals surface area (Å²) in [6.07, 6.45) is 4.37. The Bertz CT molecular complexity index is 1390. The molecule has 8 heteroatoms. The second kappa shape index (κ2) is 16.3. The van der Waals surface area contributed by atoms with E-state index in [1.807, 2.05) is 38.1 Å². The Kier molecular flexibility index (Phi) is 11.6. The SMILES string of the molecule is CCOc1ccc(C(=O)Oc2ccc(C=NCCCN=Cc3ccc(OC(=O)c4ccc(OCC)cc4)cc3)cc2)cc1. The zero-order chi connectivity index (χ0) is 30.3. The van der Waals surface area contributed by atoms with Gasteiger partial charge >= 0.3 is 11.9 Å². The first-order valence-electron chi connectivity index (χ1n) is 14.1. The van der Waals surface area contributed by atoms with Gasteiger partial charge in [-0.3, -0.25) is 9.98 Å². The monoisotopic (exact) mass is 578 g/mol. The minimum absolute atomic E-state index is 0.426. The number of hydrogen-bond donors (Lipinski definition) is 0. The van der Waals surface area contributed by atoms with E-state index >= 15 is 0 Å². The Hall–Kier alpha value is -5.24. The lowest BCUT2D eigenvalue weighted by Gasteiger charge is -2.06. The average Bonchev–Trinajstić information content (AvgIpc) is 3.03. The van der Waals surface area contributed by atoms with E-state index < -0.39 is 11.9 Å². The van der Waals surface area contributed by atoms with Gasteiger partial charge in [-0.25, -0.2) is 9.59 Å². The molecule has 0 radical (unpaired) electrons. The molecule has 0 aliphatic carbocycles. The molecule has 220 valence electrons. The number of esters is 2. The normalized spacial score (nSPS) is 11.0. The first-order chi connectivity index (χ1) is 21.0. The Labute approximate surface area is 251 Å². The lowest BCUT2D eigenvalue weighted by Crippen LogP contribution is -2.08. The Morgan fingerprint density at radius 1 is 0.535 bits per heavy atom. The Morgan fingerprint density at radius 2 is 0.884 bits per heavy atom. The van der Waals surface area contributed by atoms with E-state index in [-0.39, 0.29) is 0 Å². The van der Waals surface area contributed by atoms with Gasteiger partial charge in [0.05, 0.1) is 24.3 Å². The lowest BCUT2D eigenvalue weighted by molar-refractivity contribution is 0.0725. The number of nitrogens with zero attached hydrogens (tertiary/aromatic N) is 2. The van der Waals surface area contributed by atoms with Crippen molar-refractivity contribution < 1.29 is 28.5 Å². The highest BCUT2D eigenvalue weighted by atomic mass is 16.5. The number of ether oxygens (including phenoxy) is 4.